The smallest absolute Gasteiger partial charge is 0.146 e. The molecule has 1 aromatic rings. The first-order valence-electron chi connectivity index (χ1n) is 8.27. The van der Waals surface area contributed by atoms with Crippen molar-refractivity contribution in [3.05, 3.63) is 17.2 Å². The van der Waals surface area contributed by atoms with E-state index in [2.05, 4.69) is 21.7 Å². The number of anilines is 2. The minimum absolute atomic E-state index is 0.598. The van der Waals surface area contributed by atoms with Crippen molar-refractivity contribution < 1.29 is 9.47 Å². The fourth-order valence-corrected chi connectivity index (χ4v) is 2.09. The zero-order valence-electron chi connectivity index (χ0n) is 14.4. The van der Waals surface area contributed by atoms with Crippen LogP contribution in [0.4, 0.5) is 11.6 Å². The number of nitriles is 1. The highest BCUT2D eigenvalue weighted by molar-refractivity contribution is 5.60. The van der Waals surface area contributed by atoms with Crippen molar-refractivity contribution in [1.29, 1.82) is 5.26 Å². The molecule has 0 atom stereocenters. The number of aromatic nitrogens is 1. The number of pyridine rings is 1. The van der Waals surface area contributed by atoms with Crippen LogP contribution >= 0.6 is 0 Å². The van der Waals surface area contributed by atoms with E-state index < -0.39 is 0 Å². The van der Waals surface area contributed by atoms with Crippen LogP contribution < -0.4 is 10.6 Å². The average Bonchev–Trinajstić information content (AvgIpc) is 2.54. The standard InChI is InChI=1S/C17H28N4O2/c1-4-22-10-6-8-19-16-12-14(3)15(13-18)17(21-16)20-9-7-11-23-5-2/h12H,4-11H2,1-3H3,(H2,19,20,21). The first-order chi connectivity index (χ1) is 11.2. The maximum absolute atomic E-state index is 9.31. The van der Waals surface area contributed by atoms with Gasteiger partial charge in [0.2, 0.25) is 0 Å². The first-order valence-corrected chi connectivity index (χ1v) is 8.27. The summed E-state index contributed by atoms with van der Waals surface area (Å²) in [5.74, 6) is 1.42. The van der Waals surface area contributed by atoms with E-state index in [9.17, 15) is 5.26 Å². The summed E-state index contributed by atoms with van der Waals surface area (Å²) in [6, 6.07) is 4.13. The van der Waals surface area contributed by atoms with Crippen LogP contribution in [0.5, 0.6) is 0 Å². The predicted octanol–water partition coefficient (Wildman–Crippen LogP) is 2.94. The topological polar surface area (TPSA) is 79.2 Å². The van der Waals surface area contributed by atoms with E-state index in [1.807, 2.05) is 26.8 Å². The van der Waals surface area contributed by atoms with Gasteiger partial charge in [-0.25, -0.2) is 4.98 Å². The number of nitrogens with zero attached hydrogens (tertiary/aromatic N) is 2. The van der Waals surface area contributed by atoms with Crippen LogP contribution in [-0.2, 0) is 9.47 Å². The minimum Gasteiger partial charge on any atom is -0.382 e. The molecular weight excluding hydrogens is 292 g/mol. The highest BCUT2D eigenvalue weighted by Gasteiger charge is 2.09. The maximum atomic E-state index is 9.31. The summed E-state index contributed by atoms with van der Waals surface area (Å²) in [7, 11) is 0. The quantitative estimate of drug-likeness (QED) is 0.576. The summed E-state index contributed by atoms with van der Waals surface area (Å²) >= 11 is 0. The Morgan fingerprint density at radius 2 is 1.70 bits per heavy atom. The van der Waals surface area contributed by atoms with E-state index in [4.69, 9.17) is 9.47 Å². The Bertz CT molecular complexity index is 500. The second-order valence-corrected chi connectivity index (χ2v) is 5.11. The van der Waals surface area contributed by atoms with Gasteiger partial charge in [-0.05, 0) is 45.2 Å². The lowest BCUT2D eigenvalue weighted by atomic mass is 10.1. The van der Waals surface area contributed by atoms with Crippen molar-refractivity contribution in [2.45, 2.75) is 33.6 Å². The third-order valence-corrected chi connectivity index (χ3v) is 3.27. The van der Waals surface area contributed by atoms with Crippen molar-refractivity contribution in [2.75, 3.05) is 50.2 Å². The Labute approximate surface area is 139 Å². The normalized spacial score (nSPS) is 10.3. The Hall–Kier alpha value is -1.84. The fourth-order valence-electron chi connectivity index (χ4n) is 2.09. The summed E-state index contributed by atoms with van der Waals surface area (Å²) in [6.45, 7) is 10.3. The Morgan fingerprint density at radius 3 is 2.26 bits per heavy atom. The Kier molecular flexibility index (Phi) is 9.76. The summed E-state index contributed by atoms with van der Waals surface area (Å²) in [4.78, 5) is 4.51. The van der Waals surface area contributed by atoms with Crippen molar-refractivity contribution in [1.82, 2.24) is 4.98 Å². The molecule has 1 heterocycles. The van der Waals surface area contributed by atoms with Crippen LogP contribution in [0.3, 0.4) is 0 Å². The van der Waals surface area contributed by atoms with Crippen molar-refractivity contribution in [3.8, 4) is 6.07 Å². The molecular formula is C17H28N4O2. The second-order valence-electron chi connectivity index (χ2n) is 5.11. The van der Waals surface area contributed by atoms with Crippen LogP contribution in [0, 0.1) is 18.3 Å². The van der Waals surface area contributed by atoms with Gasteiger partial charge in [-0.3, -0.25) is 0 Å². The van der Waals surface area contributed by atoms with Crippen LogP contribution in [0.25, 0.3) is 0 Å². The number of hydrogen-bond acceptors (Lipinski definition) is 6. The molecule has 2 N–H and O–H groups in total. The maximum Gasteiger partial charge on any atom is 0.146 e. The molecule has 0 amide bonds. The van der Waals surface area contributed by atoms with Crippen molar-refractivity contribution in [2.24, 2.45) is 0 Å². The van der Waals surface area contributed by atoms with Gasteiger partial charge in [0.05, 0.1) is 5.56 Å². The van der Waals surface area contributed by atoms with E-state index in [1.54, 1.807) is 0 Å². The zero-order valence-corrected chi connectivity index (χ0v) is 14.4. The second kappa shape index (κ2) is 11.7. The third kappa shape index (κ3) is 7.31. The Morgan fingerprint density at radius 1 is 1.09 bits per heavy atom. The molecule has 0 aliphatic rings. The lowest BCUT2D eigenvalue weighted by Gasteiger charge is -2.13. The van der Waals surface area contributed by atoms with Gasteiger partial charge in [-0.2, -0.15) is 5.26 Å². The molecule has 6 heteroatoms. The molecule has 0 aromatic carbocycles. The van der Waals surface area contributed by atoms with E-state index >= 15 is 0 Å². The molecule has 1 rings (SSSR count). The van der Waals surface area contributed by atoms with Gasteiger partial charge < -0.3 is 20.1 Å². The summed E-state index contributed by atoms with van der Waals surface area (Å²) < 4.78 is 10.6. The Balaban J connectivity index is 2.58. The van der Waals surface area contributed by atoms with Gasteiger partial charge in [0.1, 0.15) is 17.7 Å². The van der Waals surface area contributed by atoms with Gasteiger partial charge in [-0.1, -0.05) is 0 Å². The molecule has 0 fully saturated rings. The zero-order chi connectivity index (χ0) is 16.9. The first kappa shape index (κ1) is 19.2. The molecule has 0 unspecified atom stereocenters. The molecule has 0 radical (unpaired) electrons. The number of rotatable bonds is 12. The molecule has 23 heavy (non-hydrogen) atoms. The number of ether oxygens (including phenoxy) is 2. The molecule has 128 valence electrons. The van der Waals surface area contributed by atoms with Gasteiger partial charge in [-0.15, -0.1) is 0 Å². The summed E-state index contributed by atoms with van der Waals surface area (Å²) in [5.41, 5.74) is 1.52. The van der Waals surface area contributed by atoms with E-state index in [1.165, 1.54) is 0 Å². The lowest BCUT2D eigenvalue weighted by molar-refractivity contribution is 0.147. The molecule has 0 saturated heterocycles. The van der Waals surface area contributed by atoms with Crippen molar-refractivity contribution in [3.63, 3.8) is 0 Å². The largest absolute Gasteiger partial charge is 0.382 e. The van der Waals surface area contributed by atoms with Crippen LogP contribution in [0.2, 0.25) is 0 Å². The molecule has 0 aliphatic carbocycles. The third-order valence-electron chi connectivity index (χ3n) is 3.27. The van der Waals surface area contributed by atoms with Crippen LogP contribution in [0.1, 0.15) is 37.8 Å². The number of nitrogens with one attached hydrogen (secondary N) is 2. The summed E-state index contributed by atoms with van der Waals surface area (Å²) in [6.07, 6.45) is 1.80. The van der Waals surface area contributed by atoms with E-state index in [-0.39, 0.29) is 0 Å². The van der Waals surface area contributed by atoms with Gasteiger partial charge in [0, 0.05) is 39.5 Å². The molecule has 0 saturated carbocycles. The van der Waals surface area contributed by atoms with E-state index in [0.29, 0.717) is 18.0 Å². The van der Waals surface area contributed by atoms with Crippen LogP contribution in [-0.4, -0.2) is 44.5 Å². The molecule has 6 nitrogen and oxygen atoms in total. The van der Waals surface area contributed by atoms with Gasteiger partial charge in [0.15, 0.2) is 0 Å². The number of aryl methyl sites for hydroxylation is 1. The highest BCUT2D eigenvalue weighted by Crippen LogP contribution is 2.20. The monoisotopic (exact) mass is 320 g/mol. The predicted molar refractivity (Wildman–Crippen MR) is 92.9 cm³/mol. The fraction of sp³-hybridized carbons (Fsp3) is 0.647. The lowest BCUT2D eigenvalue weighted by Crippen LogP contribution is -2.12. The molecule has 0 spiro atoms. The average molecular weight is 320 g/mol. The van der Waals surface area contributed by atoms with Gasteiger partial charge in [0.25, 0.3) is 0 Å². The molecule has 0 bridgehead atoms. The van der Waals surface area contributed by atoms with Gasteiger partial charge >= 0.3 is 0 Å². The SMILES string of the molecule is CCOCCCNc1cc(C)c(C#N)c(NCCCOCC)n1. The van der Waals surface area contributed by atoms with Crippen molar-refractivity contribution >= 4 is 11.6 Å². The molecule has 1 aromatic heterocycles. The van der Waals surface area contributed by atoms with Crippen LogP contribution in [0.15, 0.2) is 6.07 Å². The molecule has 0 aliphatic heterocycles. The summed E-state index contributed by atoms with van der Waals surface area (Å²) in [5, 5.41) is 15.8. The highest BCUT2D eigenvalue weighted by atomic mass is 16.5. The van der Waals surface area contributed by atoms with E-state index in [0.717, 1.165) is 57.1 Å². The number of hydrogen-bond donors (Lipinski definition) is 2. The minimum atomic E-state index is 0.598.